The molecule has 1 atom stereocenters. The van der Waals surface area contributed by atoms with Gasteiger partial charge in [-0.15, -0.1) is 0 Å². The smallest absolute Gasteiger partial charge is 0.172 e. The normalized spacial score (nSPS) is 12.0. The standard InChI is InChI=1S/C18H23N3S/c1-12(2)17(15-8-6-5-7-14(15)4)21-18(22)20-16-10-9-13(3)11-19-16/h5-12,17H,1-4H3,(H2,19,20,21,22)/t17-/m1/s1. The highest BCUT2D eigenvalue weighted by molar-refractivity contribution is 7.80. The zero-order valence-electron chi connectivity index (χ0n) is 13.6. The van der Waals surface area contributed by atoms with Gasteiger partial charge < -0.3 is 10.6 Å². The van der Waals surface area contributed by atoms with Gasteiger partial charge >= 0.3 is 0 Å². The summed E-state index contributed by atoms with van der Waals surface area (Å²) in [6.07, 6.45) is 1.83. The lowest BCUT2D eigenvalue weighted by Gasteiger charge is -2.26. The van der Waals surface area contributed by atoms with Gasteiger partial charge in [0, 0.05) is 6.20 Å². The molecule has 0 aliphatic heterocycles. The molecule has 22 heavy (non-hydrogen) atoms. The highest BCUT2D eigenvalue weighted by Crippen LogP contribution is 2.24. The third-order valence-electron chi connectivity index (χ3n) is 3.63. The zero-order valence-corrected chi connectivity index (χ0v) is 14.4. The third-order valence-corrected chi connectivity index (χ3v) is 3.85. The zero-order chi connectivity index (χ0) is 16.1. The van der Waals surface area contributed by atoms with Gasteiger partial charge in [-0.2, -0.15) is 0 Å². The molecule has 1 aromatic carbocycles. The lowest BCUT2D eigenvalue weighted by molar-refractivity contribution is 0.471. The maximum absolute atomic E-state index is 5.45. The third kappa shape index (κ3) is 4.28. The topological polar surface area (TPSA) is 37.0 Å². The highest BCUT2D eigenvalue weighted by atomic mass is 32.1. The first-order chi connectivity index (χ1) is 10.5. The van der Waals surface area contributed by atoms with E-state index < -0.39 is 0 Å². The van der Waals surface area contributed by atoms with E-state index in [1.54, 1.807) is 0 Å². The van der Waals surface area contributed by atoms with Crippen LogP contribution in [-0.4, -0.2) is 10.1 Å². The van der Waals surface area contributed by atoms with Crippen LogP contribution >= 0.6 is 12.2 Å². The van der Waals surface area contributed by atoms with Gasteiger partial charge in [-0.25, -0.2) is 4.98 Å². The van der Waals surface area contributed by atoms with Crippen molar-refractivity contribution in [2.24, 2.45) is 5.92 Å². The van der Waals surface area contributed by atoms with E-state index in [-0.39, 0.29) is 6.04 Å². The van der Waals surface area contributed by atoms with Crippen molar-refractivity contribution >= 4 is 23.1 Å². The molecule has 0 fully saturated rings. The lowest BCUT2D eigenvalue weighted by Crippen LogP contribution is -2.35. The first-order valence-electron chi connectivity index (χ1n) is 7.53. The Hall–Kier alpha value is -1.94. The summed E-state index contributed by atoms with van der Waals surface area (Å²) < 4.78 is 0. The van der Waals surface area contributed by atoms with E-state index in [2.05, 4.69) is 60.7 Å². The maximum atomic E-state index is 5.45. The molecule has 1 heterocycles. The van der Waals surface area contributed by atoms with E-state index in [1.165, 1.54) is 11.1 Å². The second-order valence-electron chi connectivity index (χ2n) is 5.90. The summed E-state index contributed by atoms with van der Waals surface area (Å²) in [5.74, 6) is 1.18. The van der Waals surface area contributed by atoms with E-state index in [0.717, 1.165) is 11.4 Å². The minimum absolute atomic E-state index is 0.173. The van der Waals surface area contributed by atoms with Crippen molar-refractivity contribution in [3.8, 4) is 0 Å². The molecule has 4 heteroatoms. The minimum Gasteiger partial charge on any atom is -0.355 e. The van der Waals surface area contributed by atoms with E-state index in [0.29, 0.717) is 11.0 Å². The number of aromatic nitrogens is 1. The number of pyridine rings is 1. The average Bonchev–Trinajstić information content (AvgIpc) is 2.48. The Morgan fingerprint density at radius 1 is 1.09 bits per heavy atom. The second-order valence-corrected chi connectivity index (χ2v) is 6.31. The number of thiocarbonyl (C=S) groups is 1. The van der Waals surface area contributed by atoms with Crippen molar-refractivity contribution in [2.75, 3.05) is 5.32 Å². The predicted octanol–water partition coefficient (Wildman–Crippen LogP) is 4.38. The molecule has 0 amide bonds. The van der Waals surface area contributed by atoms with Crippen LogP contribution in [-0.2, 0) is 0 Å². The number of rotatable bonds is 4. The Kier molecular flexibility index (Phi) is 5.50. The number of hydrogen-bond acceptors (Lipinski definition) is 2. The summed E-state index contributed by atoms with van der Waals surface area (Å²) >= 11 is 5.45. The summed E-state index contributed by atoms with van der Waals surface area (Å²) in [6.45, 7) is 8.53. The Bertz CT molecular complexity index is 635. The number of nitrogens with one attached hydrogen (secondary N) is 2. The Balaban J connectivity index is 2.10. The molecule has 2 aromatic rings. The van der Waals surface area contributed by atoms with Crippen molar-refractivity contribution in [3.63, 3.8) is 0 Å². The van der Waals surface area contributed by atoms with Gasteiger partial charge in [0.25, 0.3) is 0 Å². The summed E-state index contributed by atoms with van der Waals surface area (Å²) in [7, 11) is 0. The summed E-state index contributed by atoms with van der Waals surface area (Å²) in [5.41, 5.74) is 3.67. The lowest BCUT2D eigenvalue weighted by atomic mass is 9.93. The molecule has 0 saturated heterocycles. The predicted molar refractivity (Wildman–Crippen MR) is 97.1 cm³/mol. The summed E-state index contributed by atoms with van der Waals surface area (Å²) in [6, 6.07) is 12.5. The van der Waals surface area contributed by atoms with E-state index in [4.69, 9.17) is 12.2 Å². The van der Waals surface area contributed by atoms with Crippen molar-refractivity contribution in [3.05, 3.63) is 59.3 Å². The van der Waals surface area contributed by atoms with Gasteiger partial charge in [-0.1, -0.05) is 44.2 Å². The first kappa shape index (κ1) is 16.4. The van der Waals surface area contributed by atoms with Gasteiger partial charge in [0.05, 0.1) is 6.04 Å². The average molecular weight is 313 g/mol. The molecule has 3 nitrogen and oxygen atoms in total. The van der Waals surface area contributed by atoms with Crippen LogP contribution < -0.4 is 10.6 Å². The van der Waals surface area contributed by atoms with E-state index in [9.17, 15) is 0 Å². The molecule has 0 saturated carbocycles. The number of nitrogens with zero attached hydrogens (tertiary/aromatic N) is 1. The second kappa shape index (κ2) is 7.36. The van der Waals surface area contributed by atoms with Gasteiger partial charge in [-0.3, -0.25) is 0 Å². The Labute approximate surface area is 138 Å². The highest BCUT2D eigenvalue weighted by Gasteiger charge is 2.18. The first-order valence-corrected chi connectivity index (χ1v) is 7.94. The molecular formula is C18H23N3S. The molecule has 0 radical (unpaired) electrons. The van der Waals surface area contributed by atoms with Crippen LogP contribution in [0.15, 0.2) is 42.6 Å². The van der Waals surface area contributed by atoms with Crippen molar-refractivity contribution in [1.82, 2.24) is 10.3 Å². The van der Waals surface area contributed by atoms with Crippen molar-refractivity contribution < 1.29 is 0 Å². The molecule has 2 N–H and O–H groups in total. The maximum Gasteiger partial charge on any atom is 0.172 e. The summed E-state index contributed by atoms with van der Waals surface area (Å²) in [5, 5.41) is 7.17. The van der Waals surface area contributed by atoms with E-state index >= 15 is 0 Å². The molecule has 116 valence electrons. The molecule has 2 rings (SSSR count). The molecule has 0 bridgehead atoms. The number of aryl methyl sites for hydroxylation is 2. The van der Waals surface area contributed by atoms with Crippen LogP contribution in [0.1, 0.15) is 36.6 Å². The minimum atomic E-state index is 0.173. The van der Waals surface area contributed by atoms with Gasteiger partial charge in [-0.05, 0) is 54.7 Å². The largest absolute Gasteiger partial charge is 0.355 e. The molecule has 0 unspecified atom stereocenters. The van der Waals surface area contributed by atoms with Crippen LogP contribution in [0.2, 0.25) is 0 Å². The molecule has 0 aliphatic rings. The summed E-state index contributed by atoms with van der Waals surface area (Å²) in [4.78, 5) is 4.32. The SMILES string of the molecule is Cc1ccc(NC(=S)N[C@@H](c2ccccc2C)C(C)C)nc1. The molecule has 0 aliphatic carbocycles. The molecular weight excluding hydrogens is 290 g/mol. The molecule has 0 spiro atoms. The van der Waals surface area contributed by atoms with Crippen molar-refractivity contribution in [2.45, 2.75) is 33.7 Å². The Morgan fingerprint density at radius 2 is 1.82 bits per heavy atom. The fraction of sp³-hybridized carbons (Fsp3) is 0.333. The fourth-order valence-electron chi connectivity index (χ4n) is 2.37. The van der Waals surface area contributed by atoms with Gasteiger partial charge in [0.1, 0.15) is 5.82 Å². The van der Waals surface area contributed by atoms with Crippen LogP contribution in [0.3, 0.4) is 0 Å². The molecule has 1 aromatic heterocycles. The van der Waals surface area contributed by atoms with Gasteiger partial charge in [0.15, 0.2) is 5.11 Å². The van der Waals surface area contributed by atoms with Crippen LogP contribution in [0.4, 0.5) is 5.82 Å². The number of anilines is 1. The Morgan fingerprint density at radius 3 is 2.41 bits per heavy atom. The fourth-order valence-corrected chi connectivity index (χ4v) is 2.61. The van der Waals surface area contributed by atoms with E-state index in [1.807, 2.05) is 25.3 Å². The number of hydrogen-bond donors (Lipinski definition) is 2. The quantitative estimate of drug-likeness (QED) is 0.821. The van der Waals surface area contributed by atoms with Crippen LogP contribution in [0.25, 0.3) is 0 Å². The van der Waals surface area contributed by atoms with Crippen LogP contribution in [0.5, 0.6) is 0 Å². The number of benzene rings is 1. The van der Waals surface area contributed by atoms with Crippen molar-refractivity contribution in [1.29, 1.82) is 0 Å². The van der Waals surface area contributed by atoms with Crippen LogP contribution in [0, 0.1) is 19.8 Å². The monoisotopic (exact) mass is 313 g/mol. The van der Waals surface area contributed by atoms with Gasteiger partial charge in [0.2, 0.25) is 0 Å².